The number of ether oxygens (including phenoxy) is 1. The van der Waals surface area contributed by atoms with Crippen LogP contribution in [0.25, 0.3) is 10.6 Å². The summed E-state index contributed by atoms with van der Waals surface area (Å²) in [7, 11) is 1.37. The van der Waals surface area contributed by atoms with Gasteiger partial charge in [0.05, 0.1) is 12.8 Å². The van der Waals surface area contributed by atoms with E-state index in [9.17, 15) is 4.79 Å². The Hall–Kier alpha value is -1.39. The summed E-state index contributed by atoms with van der Waals surface area (Å²) in [6.07, 6.45) is 0. The van der Waals surface area contributed by atoms with Gasteiger partial charge in [-0.05, 0) is 31.5 Å². The summed E-state index contributed by atoms with van der Waals surface area (Å²) >= 11 is 7.26. The minimum atomic E-state index is -0.345. The number of rotatable bonds is 2. The Morgan fingerprint density at radius 1 is 1.39 bits per heavy atom. The third-order valence-corrected chi connectivity index (χ3v) is 3.99. The molecule has 0 saturated carbocycles. The molecule has 1 heterocycles. The average Bonchev–Trinajstić information content (AvgIpc) is 2.70. The zero-order valence-electron chi connectivity index (χ0n) is 10.3. The van der Waals surface area contributed by atoms with Gasteiger partial charge < -0.3 is 4.74 Å². The molecule has 1 aromatic heterocycles. The van der Waals surface area contributed by atoms with Gasteiger partial charge in [0.2, 0.25) is 0 Å². The summed E-state index contributed by atoms with van der Waals surface area (Å²) in [6.45, 7) is 3.77. The molecular weight excluding hydrogens is 270 g/mol. The van der Waals surface area contributed by atoms with Crippen molar-refractivity contribution < 1.29 is 9.53 Å². The van der Waals surface area contributed by atoms with Crippen LogP contribution in [0.1, 0.15) is 20.9 Å². The van der Waals surface area contributed by atoms with E-state index < -0.39 is 0 Å². The summed E-state index contributed by atoms with van der Waals surface area (Å²) in [5.74, 6) is -0.345. The summed E-state index contributed by atoms with van der Waals surface area (Å²) in [4.78, 5) is 16.5. The quantitative estimate of drug-likeness (QED) is 0.785. The van der Waals surface area contributed by atoms with Crippen LogP contribution in [0.4, 0.5) is 0 Å². The average molecular weight is 282 g/mol. The van der Waals surface area contributed by atoms with Gasteiger partial charge in [0.25, 0.3) is 0 Å². The first-order valence-electron chi connectivity index (χ1n) is 5.35. The molecule has 0 fully saturated rings. The van der Waals surface area contributed by atoms with Crippen LogP contribution in [-0.4, -0.2) is 18.1 Å². The van der Waals surface area contributed by atoms with E-state index in [1.54, 1.807) is 6.92 Å². The number of hydrogen-bond donors (Lipinski definition) is 0. The van der Waals surface area contributed by atoms with E-state index in [0.717, 1.165) is 16.1 Å². The van der Waals surface area contributed by atoms with E-state index in [2.05, 4.69) is 4.98 Å². The number of hydrogen-bond acceptors (Lipinski definition) is 4. The fourth-order valence-corrected chi connectivity index (χ4v) is 2.96. The fourth-order valence-electron chi connectivity index (χ4n) is 1.66. The molecule has 0 atom stereocenters. The predicted molar refractivity (Wildman–Crippen MR) is 73.4 cm³/mol. The molecule has 0 aliphatic rings. The summed E-state index contributed by atoms with van der Waals surface area (Å²) < 4.78 is 4.73. The third-order valence-electron chi connectivity index (χ3n) is 2.59. The molecule has 0 N–H and O–H groups in total. The SMILES string of the molecule is COC(=O)c1sc(-c2ccc(Cl)cc2C)nc1C. The lowest BCUT2D eigenvalue weighted by atomic mass is 10.1. The highest BCUT2D eigenvalue weighted by Gasteiger charge is 2.17. The molecule has 0 aliphatic heterocycles. The lowest BCUT2D eigenvalue weighted by molar-refractivity contribution is 0.0605. The van der Waals surface area contributed by atoms with Crippen molar-refractivity contribution in [3.05, 3.63) is 39.4 Å². The van der Waals surface area contributed by atoms with Crippen molar-refractivity contribution >= 4 is 28.9 Å². The molecule has 3 nitrogen and oxygen atoms in total. The van der Waals surface area contributed by atoms with E-state index in [1.807, 2.05) is 25.1 Å². The molecule has 5 heteroatoms. The highest BCUT2D eigenvalue weighted by molar-refractivity contribution is 7.17. The van der Waals surface area contributed by atoms with Crippen LogP contribution in [0.15, 0.2) is 18.2 Å². The third kappa shape index (κ3) is 2.40. The normalized spacial score (nSPS) is 10.4. The van der Waals surface area contributed by atoms with Crippen molar-refractivity contribution in [1.82, 2.24) is 4.98 Å². The van der Waals surface area contributed by atoms with Gasteiger partial charge in [-0.2, -0.15) is 0 Å². The number of benzene rings is 1. The van der Waals surface area contributed by atoms with Gasteiger partial charge in [0.1, 0.15) is 9.88 Å². The minimum Gasteiger partial charge on any atom is -0.465 e. The van der Waals surface area contributed by atoms with Crippen molar-refractivity contribution in [3.8, 4) is 10.6 Å². The lowest BCUT2D eigenvalue weighted by Crippen LogP contribution is -1.99. The number of aryl methyl sites for hydroxylation is 2. The van der Waals surface area contributed by atoms with E-state index in [-0.39, 0.29) is 5.97 Å². The van der Waals surface area contributed by atoms with Gasteiger partial charge in [-0.15, -0.1) is 11.3 Å². The van der Waals surface area contributed by atoms with Crippen LogP contribution in [0.3, 0.4) is 0 Å². The largest absolute Gasteiger partial charge is 0.465 e. The standard InChI is InChI=1S/C13H12ClNO2S/c1-7-6-9(14)4-5-10(7)12-15-8(2)11(18-12)13(16)17-3/h4-6H,1-3H3. The van der Waals surface area contributed by atoms with Gasteiger partial charge in [-0.3, -0.25) is 0 Å². The highest BCUT2D eigenvalue weighted by atomic mass is 35.5. The molecule has 0 unspecified atom stereocenters. The maximum atomic E-state index is 11.5. The molecular formula is C13H12ClNO2S. The van der Waals surface area contributed by atoms with E-state index in [1.165, 1.54) is 18.4 Å². The smallest absolute Gasteiger partial charge is 0.349 e. The lowest BCUT2D eigenvalue weighted by Gasteiger charge is -2.01. The molecule has 18 heavy (non-hydrogen) atoms. The summed E-state index contributed by atoms with van der Waals surface area (Å²) in [5, 5.41) is 1.50. The Bertz CT molecular complexity index is 607. The Morgan fingerprint density at radius 2 is 2.11 bits per heavy atom. The molecule has 2 rings (SSSR count). The van der Waals surface area contributed by atoms with Crippen molar-refractivity contribution in [2.45, 2.75) is 13.8 Å². The number of nitrogens with zero attached hydrogens (tertiary/aromatic N) is 1. The number of carbonyl (C=O) groups excluding carboxylic acids is 1. The Labute approximate surface area is 114 Å². The van der Waals surface area contributed by atoms with Crippen molar-refractivity contribution in [3.63, 3.8) is 0 Å². The molecule has 0 aliphatic carbocycles. The monoisotopic (exact) mass is 281 g/mol. The maximum absolute atomic E-state index is 11.5. The van der Waals surface area contributed by atoms with Crippen LogP contribution in [-0.2, 0) is 4.74 Å². The highest BCUT2D eigenvalue weighted by Crippen LogP contribution is 2.31. The second-order valence-electron chi connectivity index (χ2n) is 3.88. The van der Waals surface area contributed by atoms with Gasteiger partial charge in [0.15, 0.2) is 0 Å². The summed E-state index contributed by atoms with van der Waals surface area (Å²) in [5.41, 5.74) is 2.71. The zero-order chi connectivity index (χ0) is 13.3. The summed E-state index contributed by atoms with van der Waals surface area (Å²) in [6, 6.07) is 5.61. The number of thiazole rings is 1. The van der Waals surface area contributed by atoms with Crippen LogP contribution in [0.2, 0.25) is 5.02 Å². The Morgan fingerprint density at radius 3 is 2.72 bits per heavy atom. The molecule has 0 radical (unpaired) electrons. The van der Waals surface area contributed by atoms with Crippen LogP contribution >= 0.6 is 22.9 Å². The van der Waals surface area contributed by atoms with Crippen molar-refractivity contribution in [2.24, 2.45) is 0 Å². The van der Waals surface area contributed by atoms with E-state index in [4.69, 9.17) is 16.3 Å². The zero-order valence-corrected chi connectivity index (χ0v) is 11.9. The number of esters is 1. The van der Waals surface area contributed by atoms with Crippen LogP contribution < -0.4 is 0 Å². The second-order valence-corrected chi connectivity index (χ2v) is 5.32. The van der Waals surface area contributed by atoms with Gasteiger partial charge in [0, 0.05) is 10.6 Å². The number of carbonyl (C=O) groups is 1. The number of aromatic nitrogens is 1. The van der Waals surface area contributed by atoms with Crippen LogP contribution in [0, 0.1) is 13.8 Å². The first-order chi connectivity index (χ1) is 8.52. The molecule has 0 bridgehead atoms. The molecule has 0 spiro atoms. The van der Waals surface area contributed by atoms with E-state index in [0.29, 0.717) is 15.6 Å². The second kappa shape index (κ2) is 5.08. The van der Waals surface area contributed by atoms with Crippen molar-refractivity contribution in [1.29, 1.82) is 0 Å². The molecule has 0 saturated heterocycles. The van der Waals surface area contributed by atoms with Gasteiger partial charge in [-0.25, -0.2) is 9.78 Å². The fraction of sp³-hybridized carbons (Fsp3) is 0.231. The van der Waals surface area contributed by atoms with Crippen LogP contribution in [0.5, 0.6) is 0 Å². The topological polar surface area (TPSA) is 39.2 Å². The minimum absolute atomic E-state index is 0.345. The number of methoxy groups -OCH3 is 1. The Balaban J connectivity index is 2.49. The molecule has 94 valence electrons. The Kier molecular flexibility index (Phi) is 3.68. The predicted octanol–water partition coefficient (Wildman–Crippen LogP) is 3.87. The first kappa shape index (κ1) is 13.1. The van der Waals surface area contributed by atoms with Gasteiger partial charge >= 0.3 is 5.97 Å². The van der Waals surface area contributed by atoms with Crippen molar-refractivity contribution in [2.75, 3.05) is 7.11 Å². The van der Waals surface area contributed by atoms with Gasteiger partial charge in [-0.1, -0.05) is 17.7 Å². The first-order valence-corrected chi connectivity index (χ1v) is 6.54. The molecule has 1 aromatic carbocycles. The molecule has 0 amide bonds. The maximum Gasteiger partial charge on any atom is 0.349 e. The van der Waals surface area contributed by atoms with E-state index >= 15 is 0 Å². The molecule has 2 aromatic rings. The number of halogens is 1.